The molecule has 7 aromatic rings. The van der Waals surface area contributed by atoms with Crippen LogP contribution in [0.1, 0.15) is 64.2 Å². The molecule has 60 heavy (non-hydrogen) atoms. The van der Waals surface area contributed by atoms with Crippen molar-refractivity contribution in [1.82, 2.24) is 19.9 Å². The third-order valence-electron chi connectivity index (χ3n) is 10.4. The van der Waals surface area contributed by atoms with Crippen LogP contribution in [-0.2, 0) is 0 Å². The largest absolute Gasteiger partial charge is 0.354 e. The minimum Gasteiger partial charge on any atom is -0.354 e. The number of hydrogen-bond acceptors (Lipinski definition) is 6. The number of halogens is 4. The predicted octanol–water partition coefficient (Wildman–Crippen LogP) is 12.8. The van der Waals surface area contributed by atoms with E-state index in [4.69, 9.17) is 56.4 Å². The second kappa shape index (κ2) is 15.8. The van der Waals surface area contributed by atoms with Crippen molar-refractivity contribution in [1.29, 1.82) is 0 Å². The molecule has 2 aliphatic heterocycles. The quantitative estimate of drug-likeness (QED) is 0.147. The molecule has 8 bridgehead atoms. The molecular formula is C48H26Cl4N4O4. The van der Waals surface area contributed by atoms with Gasteiger partial charge >= 0.3 is 0 Å². The first-order valence-corrected chi connectivity index (χ1v) is 19.9. The lowest BCUT2D eigenvalue weighted by Gasteiger charge is -2.08. The SMILES string of the molecule is O=C(Cl)c1ccc(-c2c3nc(c(-c4ccc(C(=O)Cl)cc4)c4ccc([nH]4)c(-c4ccc(C(=O)Cl)cc4)c4nc(c(-c5ccc(C(=O)Cl)cc5)c5ccc2[nH]5)C=C4)C=C3)cc1. The predicted molar refractivity (Wildman–Crippen MR) is 241 cm³/mol. The van der Waals surface area contributed by atoms with Gasteiger partial charge in [-0.05, 0) is 166 Å². The second-order valence-corrected chi connectivity index (χ2v) is 15.3. The van der Waals surface area contributed by atoms with Gasteiger partial charge in [0.2, 0.25) is 0 Å². The van der Waals surface area contributed by atoms with Crippen molar-refractivity contribution in [3.8, 4) is 44.5 Å². The molecule has 0 saturated heterocycles. The number of fused-ring (bicyclic) bond motifs is 8. The first kappa shape index (κ1) is 38.8. The van der Waals surface area contributed by atoms with E-state index in [0.29, 0.717) is 45.0 Å². The minimum atomic E-state index is -0.572. The standard InChI is InChI=1S/C48H26Cl4N4O4/c49-45(57)29-9-1-25(2-10-29)41-33-17-19-35(53-33)42(26-3-11-30(12-4-26)46(50)58)37-21-23-39(55-37)44(28-7-15-32(16-8-28)48(52)60)40-24-22-38(56-40)43(36-20-18-34(41)54-36)27-5-13-31(14-6-27)47(51)59/h1-24,53,56H. The lowest BCUT2D eigenvalue weighted by atomic mass is 10.0. The fraction of sp³-hybridized carbons (Fsp3) is 0. The van der Waals surface area contributed by atoms with Crippen LogP contribution in [0.4, 0.5) is 0 Å². The van der Waals surface area contributed by atoms with Crippen LogP contribution in [0.2, 0.25) is 0 Å². The van der Waals surface area contributed by atoms with Crippen molar-refractivity contribution in [2.24, 2.45) is 0 Å². The number of carbonyl (C=O) groups excluding carboxylic acids is 4. The van der Waals surface area contributed by atoms with Gasteiger partial charge in [0.15, 0.2) is 0 Å². The van der Waals surface area contributed by atoms with Gasteiger partial charge in [0, 0.05) is 66.6 Å². The second-order valence-electron chi connectivity index (χ2n) is 13.9. The Kier molecular flexibility index (Phi) is 10.2. The lowest BCUT2D eigenvalue weighted by Crippen LogP contribution is -1.92. The molecule has 290 valence electrons. The Labute approximate surface area is 361 Å². The number of H-pyrrole nitrogens is 2. The number of aromatic nitrogens is 4. The molecular weight excluding hydrogens is 838 g/mol. The maximum Gasteiger partial charge on any atom is 0.252 e. The van der Waals surface area contributed by atoms with E-state index in [-0.39, 0.29) is 0 Å². The highest BCUT2D eigenvalue weighted by Gasteiger charge is 2.20. The van der Waals surface area contributed by atoms with Crippen LogP contribution < -0.4 is 0 Å². The van der Waals surface area contributed by atoms with Gasteiger partial charge in [-0.2, -0.15) is 0 Å². The first-order chi connectivity index (χ1) is 29.0. The summed E-state index contributed by atoms with van der Waals surface area (Å²) in [5, 5.41) is -2.29. The smallest absolute Gasteiger partial charge is 0.252 e. The molecule has 4 aromatic carbocycles. The lowest BCUT2D eigenvalue weighted by molar-refractivity contribution is 0.107. The van der Waals surface area contributed by atoms with Gasteiger partial charge in [0.1, 0.15) is 0 Å². The van der Waals surface area contributed by atoms with Crippen LogP contribution in [0.25, 0.3) is 90.9 Å². The molecule has 0 unspecified atom stereocenters. The Morgan fingerprint density at radius 2 is 0.517 bits per heavy atom. The molecule has 0 saturated carbocycles. The van der Waals surface area contributed by atoms with Crippen molar-refractivity contribution in [3.05, 3.63) is 166 Å². The highest BCUT2D eigenvalue weighted by Crippen LogP contribution is 2.39. The summed E-state index contributed by atoms with van der Waals surface area (Å²) < 4.78 is 0. The summed E-state index contributed by atoms with van der Waals surface area (Å²) in [4.78, 5) is 66.0. The summed E-state index contributed by atoms with van der Waals surface area (Å²) >= 11 is 23.4. The Morgan fingerprint density at radius 3 is 0.700 bits per heavy atom. The number of hydrogen-bond donors (Lipinski definition) is 2. The van der Waals surface area contributed by atoms with Crippen LogP contribution in [0, 0.1) is 0 Å². The van der Waals surface area contributed by atoms with Crippen molar-refractivity contribution in [2.45, 2.75) is 0 Å². The average Bonchev–Trinajstić information content (AvgIpc) is 4.10. The number of nitrogens with zero attached hydrogens (tertiary/aromatic N) is 2. The molecule has 0 atom stereocenters. The molecule has 0 aliphatic carbocycles. The van der Waals surface area contributed by atoms with E-state index in [2.05, 4.69) is 9.97 Å². The number of aromatic amines is 2. The summed E-state index contributed by atoms with van der Waals surface area (Å²) in [6.07, 6.45) is 7.72. The van der Waals surface area contributed by atoms with Crippen LogP contribution in [0.3, 0.4) is 0 Å². The average molecular weight is 865 g/mol. The highest BCUT2D eigenvalue weighted by atomic mass is 35.5. The number of carbonyl (C=O) groups is 4. The van der Waals surface area contributed by atoms with Gasteiger partial charge in [0.25, 0.3) is 21.0 Å². The molecule has 0 amide bonds. The molecule has 0 radical (unpaired) electrons. The van der Waals surface area contributed by atoms with Crippen molar-refractivity contribution in [2.75, 3.05) is 0 Å². The Bertz CT molecular complexity index is 2760. The monoisotopic (exact) mass is 862 g/mol. The fourth-order valence-corrected chi connectivity index (χ4v) is 8.00. The van der Waals surface area contributed by atoms with E-state index in [9.17, 15) is 19.2 Å². The molecule has 2 N–H and O–H groups in total. The molecule has 0 spiro atoms. The van der Waals surface area contributed by atoms with E-state index in [1.807, 2.05) is 97.1 Å². The van der Waals surface area contributed by atoms with Crippen molar-refractivity contribution < 1.29 is 19.2 Å². The maximum absolute atomic E-state index is 12.1. The van der Waals surface area contributed by atoms with Crippen LogP contribution in [0.15, 0.2) is 121 Å². The Balaban J connectivity index is 1.43. The zero-order valence-corrected chi connectivity index (χ0v) is 33.9. The molecule has 12 heteroatoms. The molecule has 8 nitrogen and oxygen atoms in total. The summed E-state index contributed by atoms with van der Waals surface area (Å²) in [5.74, 6) is 0. The van der Waals surface area contributed by atoms with Crippen LogP contribution in [0.5, 0.6) is 0 Å². The van der Waals surface area contributed by atoms with Crippen molar-refractivity contribution >= 4 is 114 Å². The van der Waals surface area contributed by atoms with Gasteiger partial charge in [-0.3, -0.25) is 19.2 Å². The third-order valence-corrected chi connectivity index (χ3v) is 11.2. The molecule has 2 aliphatic rings. The van der Waals surface area contributed by atoms with Crippen LogP contribution >= 0.6 is 46.4 Å². The Morgan fingerprint density at radius 1 is 0.317 bits per heavy atom. The first-order valence-electron chi connectivity index (χ1n) is 18.4. The van der Waals surface area contributed by atoms with Gasteiger partial charge in [-0.25, -0.2) is 9.97 Å². The summed E-state index contributed by atoms with van der Waals surface area (Å²) in [6.45, 7) is 0. The van der Waals surface area contributed by atoms with E-state index in [0.717, 1.165) is 66.6 Å². The van der Waals surface area contributed by atoms with E-state index in [1.165, 1.54) is 0 Å². The third kappa shape index (κ3) is 7.31. The number of nitrogens with one attached hydrogen (secondary N) is 2. The minimum absolute atomic E-state index is 0.349. The number of benzene rings is 4. The number of rotatable bonds is 8. The fourth-order valence-electron chi connectivity index (χ4n) is 7.49. The summed E-state index contributed by atoms with van der Waals surface area (Å²) in [5.41, 5.74) is 12.9. The van der Waals surface area contributed by atoms with Crippen molar-refractivity contribution in [3.63, 3.8) is 0 Å². The van der Waals surface area contributed by atoms with Crippen LogP contribution in [-0.4, -0.2) is 40.9 Å². The summed E-state index contributed by atoms with van der Waals surface area (Å²) in [7, 11) is 0. The van der Waals surface area contributed by atoms with E-state index in [1.54, 1.807) is 48.5 Å². The molecule has 0 fully saturated rings. The van der Waals surface area contributed by atoms with Gasteiger partial charge in [0.05, 0.1) is 22.8 Å². The zero-order chi connectivity index (χ0) is 41.7. The highest BCUT2D eigenvalue weighted by molar-refractivity contribution is 6.68. The zero-order valence-electron chi connectivity index (χ0n) is 30.9. The molecule has 3 aromatic heterocycles. The van der Waals surface area contributed by atoms with E-state index < -0.39 is 21.0 Å². The van der Waals surface area contributed by atoms with Gasteiger partial charge < -0.3 is 9.97 Å². The molecule has 5 heterocycles. The summed E-state index contributed by atoms with van der Waals surface area (Å²) in [6, 6.07) is 35.8. The van der Waals surface area contributed by atoms with Gasteiger partial charge in [-0.15, -0.1) is 0 Å². The maximum atomic E-state index is 12.1. The molecule has 9 rings (SSSR count). The van der Waals surface area contributed by atoms with Gasteiger partial charge in [-0.1, -0.05) is 48.5 Å². The Hall–Kier alpha value is -6.68. The normalized spacial score (nSPS) is 11.8. The van der Waals surface area contributed by atoms with E-state index >= 15 is 0 Å². The topological polar surface area (TPSA) is 126 Å².